The lowest BCUT2D eigenvalue weighted by atomic mass is 9.83. The van der Waals surface area contributed by atoms with Crippen LogP contribution in [0.25, 0.3) is 5.57 Å². The lowest BCUT2D eigenvalue weighted by Gasteiger charge is -2.28. The lowest BCUT2D eigenvalue weighted by Crippen LogP contribution is -2.32. The Balaban J connectivity index is 0.000000614. The normalized spacial score (nSPS) is 15.5. The van der Waals surface area contributed by atoms with Gasteiger partial charge < -0.3 is 4.90 Å². The molecule has 142 valence electrons. The molecular formula is C24H29NO2. The van der Waals surface area contributed by atoms with Gasteiger partial charge in [0.25, 0.3) is 0 Å². The van der Waals surface area contributed by atoms with Crippen molar-refractivity contribution in [2.45, 2.75) is 40.5 Å². The number of Topliss-reactive ketones (excluding diaryl/α,β-unsaturated/α-hetero) is 2. The first-order valence-corrected chi connectivity index (χ1v) is 10.0. The zero-order valence-electron chi connectivity index (χ0n) is 16.8. The van der Waals surface area contributed by atoms with Gasteiger partial charge >= 0.3 is 0 Å². The number of benzene rings is 2. The van der Waals surface area contributed by atoms with Gasteiger partial charge in [-0.05, 0) is 18.4 Å². The first-order valence-electron chi connectivity index (χ1n) is 10.0. The van der Waals surface area contributed by atoms with Crippen LogP contribution in [-0.4, -0.2) is 29.6 Å². The van der Waals surface area contributed by atoms with Crippen molar-refractivity contribution >= 4 is 17.1 Å². The number of fused-ring (bicyclic) bond motifs is 1. The third-order valence-corrected chi connectivity index (χ3v) is 4.58. The highest BCUT2D eigenvalue weighted by molar-refractivity contribution is 6.40. The first kappa shape index (κ1) is 20.6. The summed E-state index contributed by atoms with van der Waals surface area (Å²) in [5, 5.41) is 0. The number of carbonyl (C=O) groups excluding carboxylic acids is 2. The Labute approximate surface area is 162 Å². The van der Waals surface area contributed by atoms with Crippen molar-refractivity contribution in [1.29, 1.82) is 0 Å². The number of hydrogen-bond donors (Lipinski definition) is 0. The number of likely N-dealkylation sites (tertiary alicyclic amines) is 1. The molecule has 0 saturated carbocycles. The van der Waals surface area contributed by atoms with Gasteiger partial charge in [0.15, 0.2) is 5.78 Å². The Bertz CT molecular complexity index is 815. The van der Waals surface area contributed by atoms with Gasteiger partial charge in [-0.25, -0.2) is 0 Å². The molecule has 0 amide bonds. The molecule has 0 N–H and O–H groups in total. The van der Waals surface area contributed by atoms with E-state index in [-0.39, 0.29) is 11.6 Å². The van der Waals surface area contributed by atoms with E-state index in [9.17, 15) is 9.59 Å². The predicted molar refractivity (Wildman–Crippen MR) is 112 cm³/mol. The van der Waals surface area contributed by atoms with Crippen molar-refractivity contribution < 1.29 is 9.59 Å². The molecule has 0 bridgehead atoms. The summed E-state index contributed by atoms with van der Waals surface area (Å²) in [6.45, 7) is 9.68. The molecule has 3 heteroatoms. The van der Waals surface area contributed by atoms with Crippen molar-refractivity contribution in [1.82, 2.24) is 4.90 Å². The van der Waals surface area contributed by atoms with Crippen LogP contribution in [-0.2, 0) is 0 Å². The first-order chi connectivity index (χ1) is 13.3. The maximum absolute atomic E-state index is 13.1. The molecule has 1 fully saturated rings. The maximum atomic E-state index is 13.1. The Hall–Kier alpha value is -2.68. The van der Waals surface area contributed by atoms with Gasteiger partial charge in [0.1, 0.15) is 0 Å². The van der Waals surface area contributed by atoms with E-state index >= 15 is 0 Å². The van der Waals surface area contributed by atoms with Gasteiger partial charge in [-0.15, -0.1) is 0 Å². The summed E-state index contributed by atoms with van der Waals surface area (Å²) < 4.78 is 0. The number of allylic oxidation sites excluding steroid dienone is 2. The third kappa shape index (κ3) is 4.02. The van der Waals surface area contributed by atoms with E-state index in [1.54, 1.807) is 12.1 Å². The Morgan fingerprint density at radius 3 is 1.70 bits per heavy atom. The van der Waals surface area contributed by atoms with Gasteiger partial charge in [0.05, 0.1) is 11.3 Å². The average Bonchev–Trinajstić information content (AvgIpc) is 3.28. The minimum Gasteiger partial charge on any atom is -0.368 e. The van der Waals surface area contributed by atoms with E-state index in [0.717, 1.165) is 31.5 Å². The van der Waals surface area contributed by atoms with E-state index in [2.05, 4.69) is 4.90 Å². The summed E-state index contributed by atoms with van der Waals surface area (Å²) in [7, 11) is 0. The molecule has 1 heterocycles. The molecule has 1 aliphatic heterocycles. The average molecular weight is 364 g/mol. The van der Waals surface area contributed by atoms with Crippen LogP contribution >= 0.6 is 0 Å². The Kier molecular flexibility index (Phi) is 7.54. The lowest BCUT2D eigenvalue weighted by molar-refractivity contribution is 0.0964. The zero-order valence-corrected chi connectivity index (χ0v) is 16.8. The van der Waals surface area contributed by atoms with Crippen LogP contribution in [0.2, 0.25) is 0 Å². The molecule has 0 spiro atoms. The second-order valence-electron chi connectivity index (χ2n) is 5.99. The van der Waals surface area contributed by atoms with Crippen molar-refractivity contribution in [2.75, 3.05) is 13.1 Å². The van der Waals surface area contributed by atoms with Gasteiger partial charge in [-0.1, -0.05) is 82.3 Å². The fraction of sp³-hybridized carbons (Fsp3) is 0.333. The number of rotatable bonds is 2. The summed E-state index contributed by atoms with van der Waals surface area (Å²) in [5.41, 5.74) is 2.99. The molecule has 3 nitrogen and oxygen atoms in total. The summed E-state index contributed by atoms with van der Waals surface area (Å²) >= 11 is 0. The highest BCUT2D eigenvalue weighted by Crippen LogP contribution is 2.35. The van der Waals surface area contributed by atoms with Crippen LogP contribution in [0.5, 0.6) is 0 Å². The molecule has 1 aliphatic carbocycles. The standard InChI is InChI=1S/C20H17NO2.2C2H6/c22-19-15-10-4-5-11-16(15)20(23)18(21-12-6-7-13-21)17(19)14-8-2-1-3-9-14;2*1-2/h1-5,8-11H,6-7,12-13H2;2*1-2H3. The highest BCUT2D eigenvalue weighted by atomic mass is 16.1. The Morgan fingerprint density at radius 1 is 0.667 bits per heavy atom. The molecule has 1 saturated heterocycles. The van der Waals surface area contributed by atoms with Crippen LogP contribution in [0.1, 0.15) is 66.8 Å². The maximum Gasteiger partial charge on any atom is 0.210 e. The van der Waals surface area contributed by atoms with Crippen molar-refractivity contribution in [3.63, 3.8) is 0 Å². The number of ketones is 2. The summed E-state index contributed by atoms with van der Waals surface area (Å²) in [4.78, 5) is 28.3. The Morgan fingerprint density at radius 2 is 1.15 bits per heavy atom. The van der Waals surface area contributed by atoms with Gasteiger partial charge in [0, 0.05) is 24.2 Å². The molecule has 2 aliphatic rings. The molecule has 0 atom stereocenters. The third-order valence-electron chi connectivity index (χ3n) is 4.58. The monoisotopic (exact) mass is 363 g/mol. The van der Waals surface area contributed by atoms with E-state index in [1.807, 2.05) is 70.2 Å². The molecule has 0 unspecified atom stereocenters. The summed E-state index contributed by atoms with van der Waals surface area (Å²) in [5.74, 6) is -0.0748. The van der Waals surface area contributed by atoms with Crippen LogP contribution < -0.4 is 0 Å². The zero-order chi connectivity index (χ0) is 19.8. The van der Waals surface area contributed by atoms with Gasteiger partial charge in [-0.2, -0.15) is 0 Å². The largest absolute Gasteiger partial charge is 0.368 e. The molecule has 0 radical (unpaired) electrons. The minimum atomic E-state index is -0.0479. The summed E-state index contributed by atoms with van der Waals surface area (Å²) in [6.07, 6.45) is 2.13. The SMILES string of the molecule is CC.CC.O=C1C(c2ccccc2)=C(N2CCCC2)C(=O)c2ccccc21. The van der Waals surface area contributed by atoms with E-state index in [4.69, 9.17) is 0 Å². The van der Waals surface area contributed by atoms with Crippen molar-refractivity contribution in [3.8, 4) is 0 Å². The fourth-order valence-electron chi connectivity index (χ4n) is 3.48. The quantitative estimate of drug-likeness (QED) is 0.694. The molecule has 2 aromatic carbocycles. The van der Waals surface area contributed by atoms with Crippen LogP contribution in [0, 0.1) is 0 Å². The number of carbonyl (C=O) groups is 2. The highest BCUT2D eigenvalue weighted by Gasteiger charge is 2.36. The molecular weight excluding hydrogens is 334 g/mol. The molecule has 27 heavy (non-hydrogen) atoms. The van der Waals surface area contributed by atoms with Crippen molar-refractivity contribution in [2.24, 2.45) is 0 Å². The van der Waals surface area contributed by atoms with Gasteiger partial charge in [-0.3, -0.25) is 9.59 Å². The number of nitrogens with zero attached hydrogens (tertiary/aromatic N) is 1. The van der Waals surface area contributed by atoms with Crippen molar-refractivity contribution in [3.05, 3.63) is 77.0 Å². The second-order valence-corrected chi connectivity index (χ2v) is 5.99. The van der Waals surface area contributed by atoms with Crippen LogP contribution in [0.3, 0.4) is 0 Å². The van der Waals surface area contributed by atoms with Gasteiger partial charge in [0.2, 0.25) is 5.78 Å². The molecule has 4 rings (SSSR count). The minimum absolute atomic E-state index is 0.0269. The smallest absolute Gasteiger partial charge is 0.210 e. The van der Waals surface area contributed by atoms with Crippen LogP contribution in [0.4, 0.5) is 0 Å². The fourth-order valence-corrected chi connectivity index (χ4v) is 3.48. The predicted octanol–water partition coefficient (Wildman–Crippen LogP) is 5.63. The second kappa shape index (κ2) is 9.86. The van der Waals surface area contributed by atoms with E-state index < -0.39 is 0 Å². The van der Waals surface area contributed by atoms with E-state index in [0.29, 0.717) is 22.4 Å². The number of hydrogen-bond acceptors (Lipinski definition) is 3. The molecule has 0 aromatic heterocycles. The van der Waals surface area contributed by atoms with E-state index in [1.165, 1.54) is 0 Å². The van der Waals surface area contributed by atoms with Crippen LogP contribution in [0.15, 0.2) is 60.3 Å². The summed E-state index contributed by atoms with van der Waals surface area (Å²) in [6, 6.07) is 16.7. The molecule has 2 aromatic rings. The topological polar surface area (TPSA) is 37.4 Å².